The van der Waals surface area contributed by atoms with Crippen molar-refractivity contribution in [2.75, 3.05) is 26.8 Å². The zero-order chi connectivity index (χ0) is 21.2. The van der Waals surface area contributed by atoms with Crippen LogP contribution in [0.25, 0.3) is 5.57 Å². The van der Waals surface area contributed by atoms with Crippen LogP contribution in [0.4, 0.5) is 4.79 Å². The number of hydrogen-bond donors (Lipinski definition) is 1. The van der Waals surface area contributed by atoms with Crippen molar-refractivity contribution in [1.29, 1.82) is 0 Å². The Morgan fingerprint density at radius 3 is 2.59 bits per heavy atom. The molecule has 0 unspecified atom stereocenters. The Morgan fingerprint density at radius 1 is 1.31 bits per heavy atom. The molecule has 3 rings (SSSR count). The fourth-order valence-corrected chi connectivity index (χ4v) is 4.10. The normalized spacial score (nSPS) is 18.5. The smallest absolute Gasteiger partial charge is 0.434 e. The molecule has 1 aromatic carbocycles. The van der Waals surface area contributed by atoms with Crippen LogP contribution in [-0.2, 0) is 19.1 Å². The molecule has 1 N–H and O–H groups in total. The lowest BCUT2D eigenvalue weighted by Gasteiger charge is -2.38. The summed E-state index contributed by atoms with van der Waals surface area (Å²) in [6.07, 6.45) is 5.96. The SMILES string of the molecule is C#Cc1cc(C)cc(C)c1C1=C(OC(=O)OCC)C2(CCN(OC)CC2)NC1=O. The standard InChI is InChI=1S/C22H26N2O5/c1-6-16-13-14(3)12-15(4)17(16)18-19(29-21(26)28-7-2)22(23-20(18)25)8-10-24(27-5)11-9-22/h1,12-13H,7-11H2,2-5H3,(H,23,25). The average molecular weight is 398 g/mol. The number of amides is 1. The third-order valence-corrected chi connectivity index (χ3v) is 5.41. The van der Waals surface area contributed by atoms with Gasteiger partial charge in [-0.25, -0.2) is 4.79 Å². The third-order valence-electron chi connectivity index (χ3n) is 5.41. The van der Waals surface area contributed by atoms with Crippen LogP contribution in [0.5, 0.6) is 0 Å². The second-order valence-corrected chi connectivity index (χ2v) is 7.29. The first kappa shape index (κ1) is 20.9. The van der Waals surface area contributed by atoms with E-state index in [-0.39, 0.29) is 18.3 Å². The fourth-order valence-electron chi connectivity index (χ4n) is 4.10. The summed E-state index contributed by atoms with van der Waals surface area (Å²) in [5.41, 5.74) is 2.53. The van der Waals surface area contributed by atoms with Gasteiger partial charge in [-0.15, -0.1) is 6.42 Å². The number of carbonyl (C=O) groups is 2. The molecule has 7 heteroatoms. The van der Waals surface area contributed by atoms with Crippen LogP contribution < -0.4 is 5.32 Å². The van der Waals surface area contributed by atoms with Crippen LogP contribution >= 0.6 is 0 Å². The molecule has 0 radical (unpaired) electrons. The number of nitrogens with zero attached hydrogens (tertiary/aromatic N) is 1. The Kier molecular flexibility index (Phi) is 5.96. The molecule has 2 aliphatic rings. The number of carbonyl (C=O) groups excluding carboxylic acids is 2. The molecule has 2 aliphatic heterocycles. The number of piperidine rings is 1. The van der Waals surface area contributed by atoms with E-state index in [1.807, 2.05) is 26.0 Å². The minimum atomic E-state index is -0.836. The van der Waals surface area contributed by atoms with E-state index in [0.717, 1.165) is 11.1 Å². The van der Waals surface area contributed by atoms with Gasteiger partial charge in [0, 0.05) is 24.2 Å². The molecular formula is C22H26N2O5. The maximum atomic E-state index is 13.1. The lowest BCUT2D eigenvalue weighted by atomic mass is 9.85. The van der Waals surface area contributed by atoms with Crippen molar-refractivity contribution in [3.8, 4) is 12.3 Å². The summed E-state index contributed by atoms with van der Waals surface area (Å²) in [4.78, 5) is 30.7. The summed E-state index contributed by atoms with van der Waals surface area (Å²) in [7, 11) is 1.61. The topological polar surface area (TPSA) is 77.1 Å². The van der Waals surface area contributed by atoms with Crippen molar-refractivity contribution in [3.63, 3.8) is 0 Å². The van der Waals surface area contributed by atoms with Gasteiger partial charge in [-0.05, 0) is 50.8 Å². The van der Waals surface area contributed by atoms with Crippen molar-refractivity contribution in [1.82, 2.24) is 10.4 Å². The number of aryl methyl sites for hydroxylation is 2. The monoisotopic (exact) mass is 398 g/mol. The molecule has 154 valence electrons. The van der Waals surface area contributed by atoms with Crippen molar-refractivity contribution in [3.05, 3.63) is 40.1 Å². The Labute approximate surface area is 170 Å². The molecule has 2 heterocycles. The van der Waals surface area contributed by atoms with Gasteiger partial charge in [0.05, 0.1) is 19.3 Å². The molecule has 0 bridgehead atoms. The first-order valence-corrected chi connectivity index (χ1v) is 9.64. The first-order chi connectivity index (χ1) is 13.8. The zero-order valence-corrected chi connectivity index (χ0v) is 17.3. The second kappa shape index (κ2) is 8.27. The highest BCUT2D eigenvalue weighted by molar-refractivity contribution is 6.24. The number of nitrogens with one attached hydrogen (secondary N) is 1. The number of benzene rings is 1. The summed E-state index contributed by atoms with van der Waals surface area (Å²) in [5.74, 6) is 2.64. The van der Waals surface area contributed by atoms with Gasteiger partial charge in [-0.2, -0.15) is 5.06 Å². The molecule has 1 aromatic rings. The predicted octanol–water partition coefficient (Wildman–Crippen LogP) is 2.69. The molecule has 1 amide bonds. The largest absolute Gasteiger partial charge is 0.513 e. The van der Waals surface area contributed by atoms with Gasteiger partial charge in [0.25, 0.3) is 5.91 Å². The molecular weight excluding hydrogens is 372 g/mol. The van der Waals surface area contributed by atoms with Crippen LogP contribution in [-0.4, -0.2) is 49.5 Å². The molecule has 0 aromatic heterocycles. The fraction of sp³-hybridized carbons (Fsp3) is 0.455. The molecule has 0 saturated carbocycles. The van der Waals surface area contributed by atoms with E-state index in [0.29, 0.717) is 42.6 Å². The lowest BCUT2D eigenvalue weighted by Crippen LogP contribution is -2.53. The maximum absolute atomic E-state index is 13.1. The van der Waals surface area contributed by atoms with Crippen LogP contribution in [0.1, 0.15) is 42.0 Å². The van der Waals surface area contributed by atoms with E-state index in [1.54, 1.807) is 19.1 Å². The van der Waals surface area contributed by atoms with E-state index < -0.39 is 11.7 Å². The van der Waals surface area contributed by atoms with Crippen LogP contribution in [0.3, 0.4) is 0 Å². The van der Waals surface area contributed by atoms with E-state index in [9.17, 15) is 9.59 Å². The summed E-state index contributed by atoms with van der Waals surface area (Å²) in [6, 6.07) is 3.81. The molecule has 1 fully saturated rings. The van der Waals surface area contributed by atoms with Crippen LogP contribution in [0.2, 0.25) is 0 Å². The van der Waals surface area contributed by atoms with Gasteiger partial charge in [0.1, 0.15) is 5.54 Å². The van der Waals surface area contributed by atoms with E-state index in [4.69, 9.17) is 20.7 Å². The Balaban J connectivity index is 2.17. The minimum Gasteiger partial charge on any atom is -0.434 e. The molecule has 7 nitrogen and oxygen atoms in total. The highest BCUT2D eigenvalue weighted by Crippen LogP contribution is 2.42. The Morgan fingerprint density at radius 2 is 2.00 bits per heavy atom. The highest BCUT2D eigenvalue weighted by Gasteiger charge is 2.50. The second-order valence-electron chi connectivity index (χ2n) is 7.29. The zero-order valence-electron chi connectivity index (χ0n) is 17.3. The van der Waals surface area contributed by atoms with E-state index in [1.165, 1.54) is 0 Å². The van der Waals surface area contributed by atoms with Gasteiger partial charge < -0.3 is 19.6 Å². The quantitative estimate of drug-likeness (QED) is 0.621. The van der Waals surface area contributed by atoms with Crippen molar-refractivity contribution in [2.24, 2.45) is 0 Å². The number of rotatable bonds is 4. The van der Waals surface area contributed by atoms with Gasteiger partial charge >= 0.3 is 6.16 Å². The molecule has 1 spiro atoms. The van der Waals surface area contributed by atoms with Crippen molar-refractivity contribution < 1.29 is 23.9 Å². The highest BCUT2D eigenvalue weighted by atomic mass is 16.7. The minimum absolute atomic E-state index is 0.173. The third kappa shape index (κ3) is 3.86. The molecule has 0 aliphatic carbocycles. The lowest BCUT2D eigenvalue weighted by molar-refractivity contribution is -0.152. The van der Waals surface area contributed by atoms with E-state index >= 15 is 0 Å². The summed E-state index contributed by atoms with van der Waals surface area (Å²) < 4.78 is 10.6. The van der Waals surface area contributed by atoms with Gasteiger partial charge in [-0.1, -0.05) is 12.0 Å². The summed E-state index contributed by atoms with van der Waals surface area (Å²) >= 11 is 0. The van der Waals surface area contributed by atoms with E-state index in [2.05, 4.69) is 11.2 Å². The van der Waals surface area contributed by atoms with Crippen molar-refractivity contribution >= 4 is 17.6 Å². The maximum Gasteiger partial charge on any atom is 0.513 e. The predicted molar refractivity (Wildman–Crippen MR) is 108 cm³/mol. The summed E-state index contributed by atoms with van der Waals surface area (Å²) in [6.45, 7) is 6.86. The number of hydroxylamine groups is 2. The first-order valence-electron chi connectivity index (χ1n) is 9.64. The van der Waals surface area contributed by atoms with Gasteiger partial charge in [0.15, 0.2) is 5.76 Å². The molecule has 1 saturated heterocycles. The van der Waals surface area contributed by atoms with Crippen molar-refractivity contribution in [2.45, 2.75) is 39.2 Å². The number of terminal acetylenes is 1. The summed E-state index contributed by atoms with van der Waals surface area (Å²) in [5, 5.41) is 4.86. The molecule has 0 atom stereocenters. The number of hydrogen-bond acceptors (Lipinski definition) is 6. The van der Waals surface area contributed by atoms with Gasteiger partial charge in [0.2, 0.25) is 0 Å². The molecule has 29 heavy (non-hydrogen) atoms. The van der Waals surface area contributed by atoms with Crippen LogP contribution in [0.15, 0.2) is 17.9 Å². The number of ether oxygens (including phenoxy) is 2. The Bertz CT molecular complexity index is 905. The Hall–Kier alpha value is -2.82. The van der Waals surface area contributed by atoms with Gasteiger partial charge in [-0.3, -0.25) is 4.79 Å². The van der Waals surface area contributed by atoms with Crippen LogP contribution in [0, 0.1) is 26.2 Å². The average Bonchev–Trinajstić information content (AvgIpc) is 2.93.